The molecule has 0 atom stereocenters. The summed E-state index contributed by atoms with van der Waals surface area (Å²) in [7, 11) is 1.34. The lowest BCUT2D eigenvalue weighted by atomic mass is 10.2. The first kappa shape index (κ1) is 25.4. The number of hydrogen-bond donors (Lipinski definition) is 0. The molecular weight excluding hydrogens is 450 g/mol. The molecule has 1 fully saturated rings. The Hall–Kier alpha value is -3.66. The summed E-state index contributed by atoms with van der Waals surface area (Å²) in [5, 5.41) is 0. The SMILES string of the molecule is COC(=O)c1nc(C#CCCCN2CCN(Cc3ccccc3)CC2)ccc1OCc1ccccc1. The zero-order valence-corrected chi connectivity index (χ0v) is 20.9. The Balaban J connectivity index is 1.23. The van der Waals surface area contributed by atoms with E-state index < -0.39 is 5.97 Å². The van der Waals surface area contributed by atoms with E-state index in [2.05, 4.69) is 57.0 Å². The molecule has 1 aliphatic rings. The highest BCUT2D eigenvalue weighted by Crippen LogP contribution is 2.19. The van der Waals surface area contributed by atoms with Gasteiger partial charge in [-0.1, -0.05) is 66.6 Å². The van der Waals surface area contributed by atoms with Crippen LogP contribution in [0.15, 0.2) is 72.8 Å². The van der Waals surface area contributed by atoms with Crippen molar-refractivity contribution >= 4 is 5.97 Å². The Morgan fingerprint density at radius 2 is 1.56 bits per heavy atom. The number of carbonyl (C=O) groups excluding carboxylic acids is 1. The van der Waals surface area contributed by atoms with Gasteiger partial charge in [-0.05, 0) is 42.1 Å². The van der Waals surface area contributed by atoms with E-state index in [0.717, 1.165) is 57.7 Å². The second kappa shape index (κ2) is 13.4. The molecule has 0 amide bonds. The van der Waals surface area contributed by atoms with Crippen molar-refractivity contribution in [1.82, 2.24) is 14.8 Å². The number of carbonyl (C=O) groups is 1. The third-order valence-electron chi connectivity index (χ3n) is 6.18. The number of nitrogens with zero attached hydrogens (tertiary/aromatic N) is 3. The summed E-state index contributed by atoms with van der Waals surface area (Å²) in [5.74, 6) is 6.14. The van der Waals surface area contributed by atoms with E-state index >= 15 is 0 Å². The fourth-order valence-corrected chi connectivity index (χ4v) is 4.17. The maximum Gasteiger partial charge on any atom is 0.360 e. The number of pyridine rings is 1. The van der Waals surface area contributed by atoms with Gasteiger partial charge in [0.1, 0.15) is 12.3 Å². The molecular formula is C30H33N3O3. The zero-order valence-electron chi connectivity index (χ0n) is 20.9. The van der Waals surface area contributed by atoms with Crippen molar-refractivity contribution in [2.45, 2.75) is 26.0 Å². The molecule has 2 heterocycles. The molecule has 4 rings (SSSR count). The second-order valence-electron chi connectivity index (χ2n) is 8.82. The third kappa shape index (κ3) is 7.67. The minimum Gasteiger partial charge on any atom is -0.486 e. The van der Waals surface area contributed by atoms with Crippen molar-refractivity contribution in [3.05, 3.63) is 95.3 Å². The molecule has 36 heavy (non-hydrogen) atoms. The van der Waals surface area contributed by atoms with E-state index in [9.17, 15) is 4.79 Å². The normalized spacial score (nSPS) is 14.0. The van der Waals surface area contributed by atoms with Gasteiger partial charge in [-0.2, -0.15) is 0 Å². The standard InChI is InChI=1S/C30H33N3O3/c1-35-30(34)29-28(36-24-26-13-7-3-8-14-26)17-16-27(31-29)15-9-4-10-18-32-19-21-33(22-20-32)23-25-11-5-2-6-12-25/h2-3,5-8,11-14,16-17H,4,10,18-24H2,1H3. The highest BCUT2D eigenvalue weighted by molar-refractivity contribution is 5.90. The van der Waals surface area contributed by atoms with Gasteiger partial charge in [0.05, 0.1) is 7.11 Å². The van der Waals surface area contributed by atoms with Gasteiger partial charge in [0.15, 0.2) is 11.4 Å². The maximum atomic E-state index is 12.3. The molecule has 0 bridgehead atoms. The molecule has 0 N–H and O–H groups in total. The van der Waals surface area contributed by atoms with E-state index in [1.54, 1.807) is 12.1 Å². The van der Waals surface area contributed by atoms with Gasteiger partial charge >= 0.3 is 5.97 Å². The summed E-state index contributed by atoms with van der Waals surface area (Å²) in [6.45, 7) is 6.79. The fraction of sp³-hybridized carbons (Fsp3) is 0.333. The Kier molecular flexibility index (Phi) is 9.49. The predicted octanol–water partition coefficient (Wildman–Crippen LogP) is 4.40. The largest absolute Gasteiger partial charge is 0.486 e. The Morgan fingerprint density at radius 1 is 0.889 bits per heavy atom. The fourth-order valence-electron chi connectivity index (χ4n) is 4.17. The van der Waals surface area contributed by atoms with Gasteiger partial charge in [0.2, 0.25) is 0 Å². The smallest absolute Gasteiger partial charge is 0.360 e. The molecule has 0 unspecified atom stereocenters. The van der Waals surface area contributed by atoms with E-state index in [1.165, 1.54) is 12.7 Å². The molecule has 0 aliphatic carbocycles. The van der Waals surface area contributed by atoms with Crippen LogP contribution in [0, 0.1) is 11.8 Å². The van der Waals surface area contributed by atoms with Crippen LogP contribution >= 0.6 is 0 Å². The first-order valence-corrected chi connectivity index (χ1v) is 12.4. The van der Waals surface area contributed by atoms with Crippen LogP contribution in [0.25, 0.3) is 0 Å². The van der Waals surface area contributed by atoms with Crippen LogP contribution in [0.3, 0.4) is 0 Å². The maximum absolute atomic E-state index is 12.3. The molecule has 1 aliphatic heterocycles. The van der Waals surface area contributed by atoms with Crippen LogP contribution in [-0.4, -0.2) is 60.6 Å². The lowest BCUT2D eigenvalue weighted by Crippen LogP contribution is -2.46. The molecule has 0 spiro atoms. The van der Waals surface area contributed by atoms with Crippen molar-refractivity contribution < 1.29 is 14.3 Å². The summed E-state index contributed by atoms with van der Waals surface area (Å²) < 4.78 is 10.7. The van der Waals surface area contributed by atoms with Crippen LogP contribution < -0.4 is 4.74 Å². The number of rotatable bonds is 9. The first-order valence-electron chi connectivity index (χ1n) is 12.4. The monoisotopic (exact) mass is 483 g/mol. The third-order valence-corrected chi connectivity index (χ3v) is 6.18. The number of piperazine rings is 1. The Bertz CT molecular complexity index is 1160. The summed E-state index contributed by atoms with van der Waals surface area (Å²) in [4.78, 5) is 21.7. The van der Waals surface area contributed by atoms with Gasteiger partial charge in [-0.15, -0.1) is 0 Å². The summed E-state index contributed by atoms with van der Waals surface area (Å²) >= 11 is 0. The van der Waals surface area contributed by atoms with Gasteiger partial charge in [-0.25, -0.2) is 9.78 Å². The number of hydrogen-bond acceptors (Lipinski definition) is 6. The van der Waals surface area contributed by atoms with E-state index in [0.29, 0.717) is 18.1 Å². The van der Waals surface area contributed by atoms with Crippen molar-refractivity contribution in [3.8, 4) is 17.6 Å². The number of benzene rings is 2. The van der Waals surface area contributed by atoms with Gasteiger partial charge in [-0.3, -0.25) is 4.90 Å². The molecule has 3 aromatic rings. The van der Waals surface area contributed by atoms with Crippen molar-refractivity contribution in [1.29, 1.82) is 0 Å². The average Bonchev–Trinajstić information content (AvgIpc) is 2.93. The summed E-state index contributed by atoms with van der Waals surface area (Å²) in [6, 6.07) is 24.0. The number of ether oxygens (including phenoxy) is 2. The Labute approximate surface area is 213 Å². The molecule has 6 heteroatoms. The van der Waals surface area contributed by atoms with Crippen LogP contribution in [-0.2, 0) is 17.9 Å². The highest BCUT2D eigenvalue weighted by Gasteiger charge is 2.17. The summed E-state index contributed by atoms with van der Waals surface area (Å²) in [5.41, 5.74) is 3.07. The van der Waals surface area contributed by atoms with Crippen LogP contribution in [0.5, 0.6) is 5.75 Å². The van der Waals surface area contributed by atoms with Gasteiger partial charge < -0.3 is 14.4 Å². The van der Waals surface area contributed by atoms with E-state index in [1.807, 2.05) is 30.3 Å². The quantitative estimate of drug-likeness (QED) is 0.256. The molecule has 1 aromatic heterocycles. The number of unbranched alkanes of at least 4 members (excludes halogenated alkanes) is 1. The minimum atomic E-state index is -0.534. The van der Waals surface area contributed by atoms with E-state index in [4.69, 9.17) is 9.47 Å². The topological polar surface area (TPSA) is 54.9 Å². The molecule has 6 nitrogen and oxygen atoms in total. The van der Waals surface area contributed by atoms with Crippen molar-refractivity contribution in [2.24, 2.45) is 0 Å². The lowest BCUT2D eigenvalue weighted by molar-refractivity contribution is 0.0588. The molecule has 186 valence electrons. The lowest BCUT2D eigenvalue weighted by Gasteiger charge is -2.34. The molecule has 2 aromatic carbocycles. The van der Waals surface area contributed by atoms with Crippen LogP contribution in [0.1, 0.15) is 40.2 Å². The highest BCUT2D eigenvalue weighted by atomic mass is 16.5. The Morgan fingerprint density at radius 3 is 2.25 bits per heavy atom. The number of esters is 1. The van der Waals surface area contributed by atoms with Gasteiger partial charge in [0, 0.05) is 39.1 Å². The number of aromatic nitrogens is 1. The second-order valence-corrected chi connectivity index (χ2v) is 8.82. The van der Waals surface area contributed by atoms with Crippen LogP contribution in [0.2, 0.25) is 0 Å². The van der Waals surface area contributed by atoms with Crippen molar-refractivity contribution in [2.75, 3.05) is 39.8 Å². The minimum absolute atomic E-state index is 0.147. The van der Waals surface area contributed by atoms with Crippen LogP contribution in [0.4, 0.5) is 0 Å². The molecule has 0 radical (unpaired) electrons. The van der Waals surface area contributed by atoms with Crippen molar-refractivity contribution in [3.63, 3.8) is 0 Å². The first-order chi connectivity index (χ1) is 17.7. The average molecular weight is 484 g/mol. The molecule has 1 saturated heterocycles. The number of methoxy groups -OCH3 is 1. The predicted molar refractivity (Wildman–Crippen MR) is 141 cm³/mol. The summed E-state index contributed by atoms with van der Waals surface area (Å²) in [6.07, 6.45) is 1.79. The van der Waals surface area contributed by atoms with E-state index in [-0.39, 0.29) is 5.69 Å². The molecule has 0 saturated carbocycles. The van der Waals surface area contributed by atoms with Gasteiger partial charge in [0.25, 0.3) is 0 Å². The zero-order chi connectivity index (χ0) is 25.0.